The van der Waals surface area contributed by atoms with Crippen molar-refractivity contribution in [1.82, 2.24) is 15.0 Å². The fourth-order valence-electron chi connectivity index (χ4n) is 3.81. The predicted molar refractivity (Wildman–Crippen MR) is 113 cm³/mol. The lowest BCUT2D eigenvalue weighted by Crippen LogP contribution is -2.40. The van der Waals surface area contributed by atoms with E-state index in [9.17, 15) is 14.0 Å². The third-order valence-corrected chi connectivity index (χ3v) is 5.73. The smallest absolute Gasteiger partial charge is 0.227 e. The van der Waals surface area contributed by atoms with Crippen LogP contribution in [0.25, 0.3) is 11.4 Å². The molecule has 4 rings (SSSR count). The molecule has 160 valence electrons. The van der Waals surface area contributed by atoms with Crippen molar-refractivity contribution < 1.29 is 18.5 Å². The Hall–Kier alpha value is -3.35. The molecule has 2 heterocycles. The van der Waals surface area contributed by atoms with Crippen molar-refractivity contribution in [3.63, 3.8) is 0 Å². The topological polar surface area (TPSA) is 76.3 Å². The molecule has 0 unspecified atom stereocenters. The normalized spacial score (nSPS) is 14.6. The summed E-state index contributed by atoms with van der Waals surface area (Å²) in [7, 11) is 0. The summed E-state index contributed by atoms with van der Waals surface area (Å²) in [5.74, 6) is 0.443. The molecule has 6 nitrogen and oxygen atoms in total. The van der Waals surface area contributed by atoms with E-state index in [1.165, 1.54) is 6.07 Å². The first-order chi connectivity index (χ1) is 15.0. The van der Waals surface area contributed by atoms with Gasteiger partial charge in [-0.25, -0.2) is 4.39 Å². The number of rotatable bonds is 6. The fourth-order valence-corrected chi connectivity index (χ4v) is 3.81. The maximum atomic E-state index is 13.7. The van der Waals surface area contributed by atoms with Crippen molar-refractivity contribution in [1.29, 1.82) is 0 Å². The molecule has 2 aromatic carbocycles. The first-order valence-corrected chi connectivity index (χ1v) is 10.5. The lowest BCUT2D eigenvalue weighted by Gasteiger charge is -2.31. The van der Waals surface area contributed by atoms with Crippen LogP contribution in [0.5, 0.6) is 0 Å². The third-order valence-electron chi connectivity index (χ3n) is 5.73. The van der Waals surface area contributed by atoms with Gasteiger partial charge in [0.05, 0.1) is 0 Å². The van der Waals surface area contributed by atoms with Crippen molar-refractivity contribution in [2.75, 3.05) is 13.1 Å². The molecule has 0 N–H and O–H groups in total. The number of Topliss-reactive ketones (excluding diaryl/α,β-unsaturated/α-hetero) is 1. The van der Waals surface area contributed by atoms with Gasteiger partial charge in [-0.2, -0.15) is 4.98 Å². The van der Waals surface area contributed by atoms with E-state index in [2.05, 4.69) is 10.1 Å². The molecule has 7 heteroatoms. The van der Waals surface area contributed by atoms with Gasteiger partial charge in [0.15, 0.2) is 5.78 Å². The van der Waals surface area contributed by atoms with Gasteiger partial charge in [-0.15, -0.1) is 0 Å². The number of aromatic nitrogens is 2. The second-order valence-electron chi connectivity index (χ2n) is 7.86. The minimum absolute atomic E-state index is 0.00624. The number of carbonyl (C=O) groups excluding carboxylic acids is 2. The van der Waals surface area contributed by atoms with Gasteiger partial charge in [0.25, 0.3) is 0 Å². The quantitative estimate of drug-likeness (QED) is 0.557. The molecule has 0 bridgehead atoms. The van der Waals surface area contributed by atoms with Crippen molar-refractivity contribution >= 4 is 11.7 Å². The molecule has 1 fully saturated rings. The number of hydrogen-bond acceptors (Lipinski definition) is 5. The first kappa shape index (κ1) is 20.9. The Morgan fingerprint density at radius 2 is 1.87 bits per heavy atom. The van der Waals surface area contributed by atoms with Gasteiger partial charge in [-0.05, 0) is 31.4 Å². The Morgan fingerprint density at radius 1 is 1.13 bits per heavy atom. The summed E-state index contributed by atoms with van der Waals surface area (Å²) in [5.41, 5.74) is 1.81. The molecule has 1 amide bonds. The molecule has 3 aromatic rings. The third kappa shape index (κ3) is 4.87. The summed E-state index contributed by atoms with van der Waals surface area (Å²) in [6, 6.07) is 14.1. The summed E-state index contributed by atoms with van der Waals surface area (Å²) in [4.78, 5) is 31.2. The van der Waals surface area contributed by atoms with Crippen LogP contribution in [0.15, 0.2) is 53.1 Å². The van der Waals surface area contributed by atoms with Crippen LogP contribution in [-0.4, -0.2) is 39.8 Å². The van der Waals surface area contributed by atoms with Crippen LogP contribution in [-0.2, 0) is 11.2 Å². The van der Waals surface area contributed by atoms with E-state index in [0.717, 1.165) is 5.56 Å². The Morgan fingerprint density at radius 3 is 2.58 bits per heavy atom. The van der Waals surface area contributed by atoms with E-state index in [1.807, 2.05) is 30.3 Å². The number of nitrogens with zero attached hydrogens (tertiary/aromatic N) is 3. The molecule has 0 saturated carbocycles. The molecule has 0 spiro atoms. The summed E-state index contributed by atoms with van der Waals surface area (Å²) in [6.45, 7) is 2.83. The number of carbonyl (C=O) groups is 2. The number of amides is 1. The lowest BCUT2D eigenvalue weighted by atomic mass is 9.89. The Bertz CT molecular complexity index is 1070. The van der Waals surface area contributed by atoms with Crippen molar-refractivity contribution in [2.45, 2.75) is 32.6 Å². The van der Waals surface area contributed by atoms with Crippen LogP contribution in [0, 0.1) is 18.7 Å². The van der Waals surface area contributed by atoms with Gasteiger partial charge in [0, 0.05) is 43.0 Å². The molecular weight excluding hydrogens is 397 g/mol. The highest BCUT2D eigenvalue weighted by atomic mass is 19.1. The zero-order valence-corrected chi connectivity index (χ0v) is 17.4. The van der Waals surface area contributed by atoms with Crippen molar-refractivity contribution in [3.05, 3.63) is 71.4 Å². The Kier molecular flexibility index (Phi) is 6.21. The molecule has 1 aromatic heterocycles. The van der Waals surface area contributed by atoms with Crippen LogP contribution < -0.4 is 0 Å². The highest BCUT2D eigenvalue weighted by Gasteiger charge is 2.28. The first-order valence-electron chi connectivity index (χ1n) is 10.5. The van der Waals surface area contributed by atoms with Gasteiger partial charge >= 0.3 is 0 Å². The monoisotopic (exact) mass is 421 g/mol. The summed E-state index contributed by atoms with van der Waals surface area (Å²) < 4.78 is 19.0. The van der Waals surface area contributed by atoms with Gasteiger partial charge < -0.3 is 9.42 Å². The van der Waals surface area contributed by atoms with E-state index in [1.54, 1.807) is 24.0 Å². The maximum Gasteiger partial charge on any atom is 0.227 e. The van der Waals surface area contributed by atoms with E-state index < -0.39 is 0 Å². The standard InChI is InChI=1S/C24H24FN3O3/c1-16-7-8-19(15-20(16)25)24-26-21(31-27-24)9-10-22(29)28-13-11-18(12-14-28)23(30)17-5-3-2-4-6-17/h2-8,15,18H,9-14H2,1H3. The number of benzene rings is 2. The van der Waals surface area contributed by atoms with E-state index in [0.29, 0.717) is 55.2 Å². The van der Waals surface area contributed by atoms with Gasteiger partial charge in [0.2, 0.25) is 17.6 Å². The molecule has 31 heavy (non-hydrogen) atoms. The van der Waals surface area contributed by atoms with Crippen molar-refractivity contribution in [3.8, 4) is 11.4 Å². The summed E-state index contributed by atoms with van der Waals surface area (Å²) >= 11 is 0. The van der Waals surface area contributed by atoms with E-state index >= 15 is 0 Å². The lowest BCUT2D eigenvalue weighted by molar-refractivity contribution is -0.132. The summed E-state index contributed by atoms with van der Waals surface area (Å²) in [5, 5.41) is 3.89. The van der Waals surface area contributed by atoms with Crippen LogP contribution >= 0.6 is 0 Å². The number of piperidine rings is 1. The second kappa shape index (κ2) is 9.20. The van der Waals surface area contributed by atoms with Crippen molar-refractivity contribution in [2.24, 2.45) is 5.92 Å². The average molecular weight is 421 g/mol. The van der Waals surface area contributed by atoms with E-state index in [-0.39, 0.29) is 29.8 Å². The van der Waals surface area contributed by atoms with Crippen LogP contribution in [0.4, 0.5) is 4.39 Å². The SMILES string of the molecule is Cc1ccc(-c2noc(CCC(=O)N3CCC(C(=O)c4ccccc4)CC3)n2)cc1F. The molecule has 0 radical (unpaired) electrons. The molecule has 1 aliphatic rings. The Labute approximate surface area is 180 Å². The molecule has 1 saturated heterocycles. The number of aryl methyl sites for hydroxylation is 2. The number of halogens is 1. The molecule has 0 aliphatic carbocycles. The largest absolute Gasteiger partial charge is 0.343 e. The van der Waals surface area contributed by atoms with Gasteiger partial charge in [0.1, 0.15) is 5.82 Å². The zero-order chi connectivity index (χ0) is 21.8. The maximum absolute atomic E-state index is 13.7. The minimum Gasteiger partial charge on any atom is -0.343 e. The second-order valence-corrected chi connectivity index (χ2v) is 7.86. The van der Waals surface area contributed by atoms with E-state index in [4.69, 9.17) is 4.52 Å². The molecule has 0 atom stereocenters. The zero-order valence-electron chi connectivity index (χ0n) is 17.4. The van der Waals surface area contributed by atoms with Gasteiger partial charge in [-0.1, -0.05) is 47.6 Å². The number of likely N-dealkylation sites (tertiary alicyclic amines) is 1. The number of hydrogen-bond donors (Lipinski definition) is 0. The fraction of sp³-hybridized carbons (Fsp3) is 0.333. The van der Waals surface area contributed by atoms with Crippen LogP contribution in [0.1, 0.15) is 41.1 Å². The van der Waals surface area contributed by atoms with Crippen LogP contribution in [0.3, 0.4) is 0 Å². The Balaban J connectivity index is 1.28. The van der Waals surface area contributed by atoms with Crippen LogP contribution in [0.2, 0.25) is 0 Å². The highest BCUT2D eigenvalue weighted by molar-refractivity contribution is 5.98. The number of ketones is 1. The highest BCUT2D eigenvalue weighted by Crippen LogP contribution is 2.23. The summed E-state index contributed by atoms with van der Waals surface area (Å²) in [6.07, 6.45) is 1.91. The predicted octanol–water partition coefficient (Wildman–Crippen LogP) is 4.24. The molecule has 1 aliphatic heterocycles. The average Bonchev–Trinajstić information content (AvgIpc) is 3.28. The minimum atomic E-state index is -0.326. The molecular formula is C24H24FN3O3. The van der Waals surface area contributed by atoms with Gasteiger partial charge in [-0.3, -0.25) is 9.59 Å².